The third kappa shape index (κ3) is 6.38. The van der Waals surface area contributed by atoms with Crippen molar-refractivity contribution in [3.63, 3.8) is 0 Å². The van der Waals surface area contributed by atoms with E-state index >= 15 is 0 Å². The molecule has 3 aromatic carbocycles. The number of furan rings is 1. The summed E-state index contributed by atoms with van der Waals surface area (Å²) in [6, 6.07) is 26.5. The van der Waals surface area contributed by atoms with Crippen LogP contribution in [0.3, 0.4) is 0 Å². The minimum atomic E-state index is -0.240. The van der Waals surface area contributed by atoms with Crippen LogP contribution in [0.5, 0.6) is 0 Å². The Morgan fingerprint density at radius 1 is 0.778 bits per heavy atom. The van der Waals surface area contributed by atoms with Crippen LogP contribution in [0.15, 0.2) is 102 Å². The highest BCUT2D eigenvalue weighted by atomic mass is 16.3. The predicted octanol–water partition coefficient (Wildman–Crippen LogP) is 4.54. The third-order valence-corrected chi connectivity index (χ3v) is 5.47. The Kier molecular flexibility index (Phi) is 7.77. The standard InChI is InChI=1S/C28H26N4O4/c1-32(24-6-3-2-4-7-24)28(35)21-11-15-23(16-12-21)31-26(33)19-29-22-13-9-20(10-14-22)27(34)30-18-25-8-5-17-36-25/h2-17,29H,18-19H2,1H3,(H,30,34)(H,31,33). The van der Waals surface area contributed by atoms with Crippen LogP contribution < -0.4 is 20.9 Å². The van der Waals surface area contributed by atoms with Crippen LogP contribution in [0.25, 0.3) is 0 Å². The van der Waals surface area contributed by atoms with Gasteiger partial charge in [0.1, 0.15) is 5.76 Å². The van der Waals surface area contributed by atoms with Crippen LogP contribution in [0, 0.1) is 0 Å². The number of para-hydroxylation sites is 1. The third-order valence-electron chi connectivity index (χ3n) is 5.47. The quantitative estimate of drug-likeness (QED) is 0.325. The van der Waals surface area contributed by atoms with Gasteiger partial charge in [0.25, 0.3) is 11.8 Å². The van der Waals surface area contributed by atoms with Crippen molar-refractivity contribution in [2.24, 2.45) is 0 Å². The number of anilines is 3. The zero-order valence-electron chi connectivity index (χ0n) is 19.7. The molecule has 0 unspecified atom stereocenters. The molecule has 4 rings (SSSR count). The summed E-state index contributed by atoms with van der Waals surface area (Å²) in [5.74, 6) is 0.0792. The average Bonchev–Trinajstić information content (AvgIpc) is 3.45. The van der Waals surface area contributed by atoms with Gasteiger partial charge in [-0.15, -0.1) is 0 Å². The fourth-order valence-electron chi connectivity index (χ4n) is 3.47. The van der Waals surface area contributed by atoms with E-state index in [9.17, 15) is 14.4 Å². The van der Waals surface area contributed by atoms with Gasteiger partial charge in [0, 0.05) is 35.2 Å². The Balaban J connectivity index is 1.24. The molecule has 0 spiro atoms. The van der Waals surface area contributed by atoms with Gasteiger partial charge in [0.15, 0.2) is 0 Å². The molecule has 3 N–H and O–H groups in total. The molecule has 36 heavy (non-hydrogen) atoms. The van der Waals surface area contributed by atoms with Crippen molar-refractivity contribution in [3.8, 4) is 0 Å². The highest BCUT2D eigenvalue weighted by Gasteiger charge is 2.13. The highest BCUT2D eigenvalue weighted by molar-refractivity contribution is 6.06. The molecular formula is C28H26N4O4. The molecule has 8 nitrogen and oxygen atoms in total. The molecule has 0 aliphatic carbocycles. The zero-order chi connectivity index (χ0) is 25.3. The van der Waals surface area contributed by atoms with Crippen LogP contribution in [-0.4, -0.2) is 31.3 Å². The molecule has 0 atom stereocenters. The van der Waals surface area contributed by atoms with Gasteiger partial charge < -0.3 is 25.3 Å². The van der Waals surface area contributed by atoms with Gasteiger partial charge in [0.2, 0.25) is 5.91 Å². The smallest absolute Gasteiger partial charge is 0.258 e. The Labute approximate surface area is 208 Å². The number of amides is 3. The largest absolute Gasteiger partial charge is 0.467 e. The van der Waals surface area contributed by atoms with Crippen LogP contribution in [-0.2, 0) is 11.3 Å². The summed E-state index contributed by atoms with van der Waals surface area (Å²) in [6.45, 7) is 0.354. The Morgan fingerprint density at radius 3 is 2.11 bits per heavy atom. The molecule has 0 saturated heterocycles. The summed E-state index contributed by atoms with van der Waals surface area (Å²) in [7, 11) is 1.72. The molecule has 182 valence electrons. The molecule has 0 saturated carbocycles. The summed E-state index contributed by atoms with van der Waals surface area (Å²) >= 11 is 0. The molecule has 8 heteroatoms. The van der Waals surface area contributed by atoms with Crippen molar-refractivity contribution in [3.05, 3.63) is 114 Å². The van der Waals surface area contributed by atoms with Gasteiger partial charge in [-0.05, 0) is 72.8 Å². The van der Waals surface area contributed by atoms with Gasteiger partial charge in [0.05, 0.1) is 19.4 Å². The molecule has 4 aromatic rings. The van der Waals surface area contributed by atoms with Crippen molar-refractivity contribution in [1.29, 1.82) is 0 Å². The van der Waals surface area contributed by atoms with Gasteiger partial charge in [-0.2, -0.15) is 0 Å². The molecule has 0 bridgehead atoms. The topological polar surface area (TPSA) is 104 Å². The van der Waals surface area contributed by atoms with Crippen molar-refractivity contribution in [1.82, 2.24) is 5.32 Å². The van der Waals surface area contributed by atoms with Crippen molar-refractivity contribution in [2.75, 3.05) is 29.1 Å². The maximum Gasteiger partial charge on any atom is 0.258 e. The first kappa shape index (κ1) is 24.3. The van der Waals surface area contributed by atoms with E-state index in [0.717, 1.165) is 5.69 Å². The fourth-order valence-corrected chi connectivity index (χ4v) is 3.47. The lowest BCUT2D eigenvalue weighted by Crippen LogP contribution is -2.26. The van der Waals surface area contributed by atoms with Crippen molar-refractivity contribution >= 4 is 34.8 Å². The number of rotatable bonds is 9. The Bertz CT molecular complexity index is 1300. The summed E-state index contributed by atoms with van der Waals surface area (Å²) in [4.78, 5) is 38.9. The first-order valence-electron chi connectivity index (χ1n) is 11.4. The molecule has 1 aromatic heterocycles. The molecule has 0 aliphatic heterocycles. The van der Waals surface area contributed by atoms with E-state index in [1.54, 1.807) is 78.9 Å². The van der Waals surface area contributed by atoms with Crippen LogP contribution in [0.4, 0.5) is 17.1 Å². The van der Waals surface area contributed by atoms with Crippen molar-refractivity contribution < 1.29 is 18.8 Å². The number of hydrogen-bond acceptors (Lipinski definition) is 5. The van der Waals surface area contributed by atoms with E-state index in [2.05, 4.69) is 16.0 Å². The minimum Gasteiger partial charge on any atom is -0.467 e. The van der Waals surface area contributed by atoms with E-state index in [-0.39, 0.29) is 24.3 Å². The van der Waals surface area contributed by atoms with E-state index in [1.807, 2.05) is 30.3 Å². The second kappa shape index (κ2) is 11.5. The van der Waals surface area contributed by atoms with Crippen LogP contribution in [0.1, 0.15) is 26.5 Å². The first-order chi connectivity index (χ1) is 17.5. The highest BCUT2D eigenvalue weighted by Crippen LogP contribution is 2.17. The van der Waals surface area contributed by atoms with Crippen molar-refractivity contribution in [2.45, 2.75) is 6.54 Å². The zero-order valence-corrected chi connectivity index (χ0v) is 19.7. The number of benzene rings is 3. The number of carbonyl (C=O) groups excluding carboxylic acids is 3. The Hall–Kier alpha value is -4.85. The molecule has 0 fully saturated rings. The van der Waals surface area contributed by atoms with Gasteiger partial charge >= 0.3 is 0 Å². The van der Waals surface area contributed by atoms with Gasteiger partial charge in [-0.25, -0.2) is 0 Å². The molecule has 0 radical (unpaired) electrons. The predicted molar refractivity (Wildman–Crippen MR) is 139 cm³/mol. The van der Waals surface area contributed by atoms with Gasteiger partial charge in [-0.1, -0.05) is 18.2 Å². The monoisotopic (exact) mass is 482 g/mol. The summed E-state index contributed by atoms with van der Waals surface area (Å²) in [5.41, 5.74) is 3.12. The van der Waals surface area contributed by atoms with E-state index in [1.165, 1.54) is 0 Å². The van der Waals surface area contributed by atoms with Crippen LogP contribution in [0.2, 0.25) is 0 Å². The molecule has 0 aliphatic rings. The first-order valence-corrected chi connectivity index (χ1v) is 11.4. The lowest BCUT2D eigenvalue weighted by molar-refractivity contribution is -0.114. The van der Waals surface area contributed by atoms with E-state index < -0.39 is 0 Å². The molecule has 1 heterocycles. The molecular weight excluding hydrogens is 456 g/mol. The summed E-state index contributed by atoms with van der Waals surface area (Å²) in [5, 5.41) is 8.61. The maximum atomic E-state index is 12.7. The molecule has 3 amide bonds. The van der Waals surface area contributed by atoms with Crippen LogP contribution >= 0.6 is 0 Å². The number of carbonyl (C=O) groups is 3. The van der Waals surface area contributed by atoms with E-state index in [0.29, 0.717) is 34.8 Å². The second-order valence-electron chi connectivity index (χ2n) is 8.02. The minimum absolute atomic E-state index is 0.0431. The summed E-state index contributed by atoms with van der Waals surface area (Å²) < 4.78 is 5.20. The number of nitrogens with one attached hydrogen (secondary N) is 3. The second-order valence-corrected chi connectivity index (χ2v) is 8.02. The lowest BCUT2D eigenvalue weighted by atomic mass is 10.1. The normalized spacial score (nSPS) is 10.4. The Morgan fingerprint density at radius 2 is 1.44 bits per heavy atom. The summed E-state index contributed by atoms with van der Waals surface area (Å²) in [6.07, 6.45) is 1.56. The number of hydrogen-bond donors (Lipinski definition) is 3. The fraction of sp³-hybridized carbons (Fsp3) is 0.107. The van der Waals surface area contributed by atoms with E-state index in [4.69, 9.17) is 4.42 Å². The number of nitrogens with zero attached hydrogens (tertiary/aromatic N) is 1. The van der Waals surface area contributed by atoms with Gasteiger partial charge in [-0.3, -0.25) is 14.4 Å². The SMILES string of the molecule is CN(C(=O)c1ccc(NC(=O)CNc2ccc(C(=O)NCc3ccco3)cc2)cc1)c1ccccc1. The average molecular weight is 483 g/mol. The lowest BCUT2D eigenvalue weighted by Gasteiger charge is -2.17. The maximum absolute atomic E-state index is 12.7.